The Balaban J connectivity index is 3.00. The van der Waals surface area contributed by atoms with Crippen LogP contribution in [-0.2, 0) is 4.79 Å². The van der Waals surface area contributed by atoms with Crippen LogP contribution in [-0.4, -0.2) is 23.5 Å². The van der Waals surface area contributed by atoms with Crippen LogP contribution in [0.4, 0.5) is 5.69 Å². The van der Waals surface area contributed by atoms with Crippen molar-refractivity contribution in [2.45, 2.75) is 12.8 Å². The molecule has 0 atom stereocenters. The van der Waals surface area contributed by atoms with E-state index >= 15 is 0 Å². The molecule has 1 aromatic rings. The first kappa shape index (κ1) is 15.1. The number of carboxylic acid groups (broad SMARTS) is 1. The quantitative estimate of drug-likeness (QED) is 0.733. The molecular formula is C11H12Br2N2O3. The average Bonchev–Trinajstić information content (AvgIpc) is 2.29. The van der Waals surface area contributed by atoms with Crippen LogP contribution in [0.15, 0.2) is 21.1 Å². The Bertz CT molecular complexity index is 478. The zero-order chi connectivity index (χ0) is 13.7. The van der Waals surface area contributed by atoms with Gasteiger partial charge < -0.3 is 16.2 Å². The van der Waals surface area contributed by atoms with Gasteiger partial charge in [0.25, 0.3) is 0 Å². The SMILES string of the molecule is NCCCC(=O)Nc1c(Br)cc(Br)cc1C(=O)O. The molecular weight excluding hydrogens is 368 g/mol. The predicted molar refractivity (Wildman–Crippen MR) is 75.7 cm³/mol. The number of halogens is 2. The lowest BCUT2D eigenvalue weighted by Crippen LogP contribution is -2.16. The second-order valence-corrected chi connectivity index (χ2v) is 5.33. The van der Waals surface area contributed by atoms with E-state index in [1.54, 1.807) is 6.07 Å². The molecule has 5 nitrogen and oxygen atoms in total. The normalized spacial score (nSPS) is 10.2. The van der Waals surface area contributed by atoms with Crippen LogP contribution >= 0.6 is 31.9 Å². The van der Waals surface area contributed by atoms with Gasteiger partial charge in [0, 0.05) is 15.4 Å². The molecule has 0 saturated carbocycles. The summed E-state index contributed by atoms with van der Waals surface area (Å²) < 4.78 is 1.13. The molecule has 0 heterocycles. The summed E-state index contributed by atoms with van der Waals surface area (Å²) in [4.78, 5) is 22.7. The second-order valence-electron chi connectivity index (χ2n) is 3.56. The largest absolute Gasteiger partial charge is 0.478 e. The molecule has 18 heavy (non-hydrogen) atoms. The van der Waals surface area contributed by atoms with Gasteiger partial charge in [0.15, 0.2) is 0 Å². The fourth-order valence-electron chi connectivity index (χ4n) is 1.33. The Kier molecular flexibility index (Phi) is 5.77. The van der Waals surface area contributed by atoms with Gasteiger partial charge in [-0.3, -0.25) is 4.79 Å². The van der Waals surface area contributed by atoms with Crippen molar-refractivity contribution in [1.29, 1.82) is 0 Å². The number of benzene rings is 1. The number of carbonyl (C=O) groups excluding carboxylic acids is 1. The Morgan fingerprint density at radius 3 is 2.56 bits per heavy atom. The van der Waals surface area contributed by atoms with E-state index in [4.69, 9.17) is 10.8 Å². The second kappa shape index (κ2) is 6.86. The molecule has 0 aromatic heterocycles. The van der Waals surface area contributed by atoms with Crippen molar-refractivity contribution in [2.24, 2.45) is 5.73 Å². The number of carbonyl (C=O) groups is 2. The lowest BCUT2D eigenvalue weighted by Gasteiger charge is -2.11. The van der Waals surface area contributed by atoms with E-state index in [2.05, 4.69) is 37.2 Å². The minimum Gasteiger partial charge on any atom is -0.478 e. The molecule has 0 aliphatic heterocycles. The average molecular weight is 380 g/mol. The van der Waals surface area contributed by atoms with Crippen molar-refractivity contribution < 1.29 is 14.7 Å². The Hall–Kier alpha value is -0.920. The first-order valence-corrected chi connectivity index (χ1v) is 6.76. The van der Waals surface area contributed by atoms with E-state index in [1.165, 1.54) is 6.07 Å². The third-order valence-corrected chi connectivity index (χ3v) is 3.24. The molecule has 1 amide bonds. The standard InChI is InChI=1S/C11H12Br2N2O3/c12-6-4-7(11(17)18)10(8(13)5-6)15-9(16)2-1-3-14/h4-5H,1-3,14H2,(H,15,16)(H,17,18). The van der Waals surface area contributed by atoms with Gasteiger partial charge >= 0.3 is 5.97 Å². The summed E-state index contributed by atoms with van der Waals surface area (Å²) in [6, 6.07) is 3.11. The Labute approximate surface area is 121 Å². The van der Waals surface area contributed by atoms with Gasteiger partial charge in [0.1, 0.15) is 0 Å². The number of rotatable bonds is 5. The summed E-state index contributed by atoms with van der Waals surface area (Å²) in [5.74, 6) is -1.36. The van der Waals surface area contributed by atoms with E-state index in [0.29, 0.717) is 21.9 Å². The number of anilines is 1. The molecule has 0 aliphatic carbocycles. The highest BCUT2D eigenvalue weighted by atomic mass is 79.9. The maximum atomic E-state index is 11.6. The number of aromatic carboxylic acids is 1. The van der Waals surface area contributed by atoms with E-state index in [9.17, 15) is 9.59 Å². The molecule has 98 valence electrons. The van der Waals surface area contributed by atoms with E-state index in [1.807, 2.05) is 0 Å². The number of amides is 1. The summed E-state index contributed by atoms with van der Waals surface area (Å²) in [5.41, 5.74) is 5.59. The van der Waals surface area contributed by atoms with Gasteiger partial charge in [-0.15, -0.1) is 0 Å². The van der Waals surface area contributed by atoms with Crippen LogP contribution < -0.4 is 11.1 Å². The minimum absolute atomic E-state index is 0.0253. The maximum Gasteiger partial charge on any atom is 0.337 e. The number of hydrogen-bond donors (Lipinski definition) is 3. The van der Waals surface area contributed by atoms with Crippen molar-refractivity contribution >= 4 is 49.4 Å². The fraction of sp³-hybridized carbons (Fsp3) is 0.273. The van der Waals surface area contributed by atoms with Crippen molar-refractivity contribution in [3.8, 4) is 0 Å². The molecule has 1 aromatic carbocycles. The highest BCUT2D eigenvalue weighted by Gasteiger charge is 2.16. The lowest BCUT2D eigenvalue weighted by atomic mass is 10.1. The molecule has 0 unspecified atom stereocenters. The first-order chi connectivity index (χ1) is 8.45. The van der Waals surface area contributed by atoms with E-state index < -0.39 is 5.97 Å². The fourth-order valence-corrected chi connectivity index (χ4v) is 2.66. The zero-order valence-electron chi connectivity index (χ0n) is 9.37. The van der Waals surface area contributed by atoms with Gasteiger partial charge in [-0.05, 0) is 41.0 Å². The van der Waals surface area contributed by atoms with E-state index in [-0.39, 0.29) is 23.6 Å². The number of hydrogen-bond acceptors (Lipinski definition) is 3. The Morgan fingerprint density at radius 2 is 2.00 bits per heavy atom. The van der Waals surface area contributed by atoms with Gasteiger partial charge in [0.05, 0.1) is 11.3 Å². The van der Waals surface area contributed by atoms with Crippen molar-refractivity contribution in [1.82, 2.24) is 0 Å². The number of carboxylic acids is 1. The van der Waals surface area contributed by atoms with Crippen LogP contribution in [0, 0.1) is 0 Å². The number of nitrogens with two attached hydrogens (primary N) is 1. The van der Waals surface area contributed by atoms with Crippen LogP contribution in [0.3, 0.4) is 0 Å². The molecule has 0 bridgehead atoms. The highest BCUT2D eigenvalue weighted by molar-refractivity contribution is 9.11. The summed E-state index contributed by atoms with van der Waals surface area (Å²) in [5, 5.41) is 11.7. The topological polar surface area (TPSA) is 92.4 Å². The molecule has 0 radical (unpaired) electrons. The van der Waals surface area contributed by atoms with Crippen molar-refractivity contribution in [3.63, 3.8) is 0 Å². The molecule has 4 N–H and O–H groups in total. The Morgan fingerprint density at radius 1 is 1.33 bits per heavy atom. The zero-order valence-corrected chi connectivity index (χ0v) is 12.5. The predicted octanol–water partition coefficient (Wildman–Crippen LogP) is 2.59. The van der Waals surface area contributed by atoms with Gasteiger partial charge in [-0.2, -0.15) is 0 Å². The summed E-state index contributed by atoms with van der Waals surface area (Å²) >= 11 is 6.43. The molecule has 0 saturated heterocycles. The summed E-state index contributed by atoms with van der Waals surface area (Å²) in [6.07, 6.45) is 0.820. The molecule has 0 aliphatic rings. The van der Waals surface area contributed by atoms with E-state index in [0.717, 1.165) is 0 Å². The molecule has 0 fully saturated rings. The molecule has 7 heteroatoms. The van der Waals surface area contributed by atoms with Crippen molar-refractivity contribution in [2.75, 3.05) is 11.9 Å². The van der Waals surface area contributed by atoms with Gasteiger partial charge in [-0.25, -0.2) is 4.79 Å². The smallest absolute Gasteiger partial charge is 0.337 e. The van der Waals surface area contributed by atoms with Crippen LogP contribution in [0.5, 0.6) is 0 Å². The third kappa shape index (κ3) is 4.08. The highest BCUT2D eigenvalue weighted by Crippen LogP contribution is 2.31. The summed E-state index contributed by atoms with van der Waals surface area (Å²) in [6.45, 7) is 0.417. The first-order valence-electron chi connectivity index (χ1n) is 5.18. The van der Waals surface area contributed by atoms with Crippen LogP contribution in [0.25, 0.3) is 0 Å². The monoisotopic (exact) mass is 378 g/mol. The molecule has 1 rings (SSSR count). The van der Waals surface area contributed by atoms with Crippen molar-refractivity contribution in [3.05, 3.63) is 26.6 Å². The third-order valence-electron chi connectivity index (χ3n) is 2.16. The van der Waals surface area contributed by atoms with Crippen LogP contribution in [0.1, 0.15) is 23.2 Å². The lowest BCUT2D eigenvalue weighted by molar-refractivity contribution is -0.116. The molecule has 0 spiro atoms. The number of nitrogens with one attached hydrogen (secondary N) is 1. The van der Waals surface area contributed by atoms with Gasteiger partial charge in [0.2, 0.25) is 5.91 Å². The van der Waals surface area contributed by atoms with Gasteiger partial charge in [-0.1, -0.05) is 15.9 Å². The summed E-state index contributed by atoms with van der Waals surface area (Å²) in [7, 11) is 0. The maximum absolute atomic E-state index is 11.6. The van der Waals surface area contributed by atoms with Crippen LogP contribution in [0.2, 0.25) is 0 Å². The minimum atomic E-state index is -1.11.